The highest BCUT2D eigenvalue weighted by molar-refractivity contribution is 7.14. The Morgan fingerprint density at radius 2 is 1.82 bits per heavy atom. The van der Waals surface area contributed by atoms with E-state index in [4.69, 9.17) is 4.74 Å². The number of carbonyl (C=O) groups is 3. The highest BCUT2D eigenvalue weighted by atomic mass is 32.1. The summed E-state index contributed by atoms with van der Waals surface area (Å²) in [6.45, 7) is 5.18. The predicted octanol–water partition coefficient (Wildman–Crippen LogP) is 3.36. The molecular weight excluding hydrogens is 384 g/mol. The van der Waals surface area contributed by atoms with Crippen LogP contribution in [0.5, 0.6) is 0 Å². The van der Waals surface area contributed by atoms with Crippen LogP contribution in [0.1, 0.15) is 45.7 Å². The Morgan fingerprint density at radius 3 is 2.46 bits per heavy atom. The molecule has 0 aliphatic carbocycles. The average Bonchev–Trinajstić information content (AvgIpc) is 3.12. The second-order valence-corrected chi connectivity index (χ2v) is 8.14. The first-order valence-corrected chi connectivity index (χ1v) is 9.22. The first-order chi connectivity index (χ1) is 13.1. The average molecular weight is 404 g/mol. The van der Waals surface area contributed by atoms with Crippen molar-refractivity contribution in [1.82, 2.24) is 5.32 Å². The van der Waals surface area contributed by atoms with Gasteiger partial charge in [0.05, 0.1) is 16.3 Å². The van der Waals surface area contributed by atoms with Crippen molar-refractivity contribution in [3.63, 3.8) is 0 Å². The molecule has 1 heterocycles. The third-order valence-corrected chi connectivity index (χ3v) is 4.82. The van der Waals surface area contributed by atoms with Gasteiger partial charge in [0, 0.05) is 16.4 Å². The number of ketones is 1. The maximum Gasteiger partial charge on any atom is 0.345 e. The SMILES string of the molecule is CC(C)(C)C(=O)NCc1ccc(C(=O)COC(=O)c2ccccc2[N+](=O)[O-])s1. The fraction of sp³-hybridized carbons (Fsp3) is 0.316. The van der Waals surface area contributed by atoms with Crippen molar-refractivity contribution in [3.8, 4) is 0 Å². The predicted molar refractivity (Wildman–Crippen MR) is 103 cm³/mol. The molecule has 0 bridgehead atoms. The van der Waals surface area contributed by atoms with Crippen molar-refractivity contribution in [3.05, 3.63) is 61.8 Å². The topological polar surface area (TPSA) is 116 Å². The number of nitrogens with one attached hydrogen (secondary N) is 1. The molecule has 1 amide bonds. The van der Waals surface area contributed by atoms with Crippen molar-refractivity contribution in [2.75, 3.05) is 6.61 Å². The minimum absolute atomic E-state index is 0.104. The molecule has 0 aliphatic heterocycles. The van der Waals surface area contributed by atoms with Crippen molar-refractivity contribution in [2.45, 2.75) is 27.3 Å². The van der Waals surface area contributed by atoms with Crippen LogP contribution in [0.15, 0.2) is 36.4 Å². The smallest absolute Gasteiger partial charge is 0.345 e. The van der Waals surface area contributed by atoms with Crippen LogP contribution in [0.3, 0.4) is 0 Å². The molecule has 8 nitrogen and oxygen atoms in total. The summed E-state index contributed by atoms with van der Waals surface area (Å²) in [6.07, 6.45) is 0. The van der Waals surface area contributed by atoms with Gasteiger partial charge in [-0.3, -0.25) is 19.7 Å². The number of nitrogens with zero attached hydrogens (tertiary/aromatic N) is 1. The van der Waals surface area contributed by atoms with Crippen LogP contribution in [-0.4, -0.2) is 29.2 Å². The fourth-order valence-corrected chi connectivity index (χ4v) is 3.01. The van der Waals surface area contributed by atoms with Crippen LogP contribution in [0, 0.1) is 15.5 Å². The number of para-hydroxylation sites is 1. The van der Waals surface area contributed by atoms with Crippen molar-refractivity contribution >= 4 is 34.7 Å². The highest BCUT2D eigenvalue weighted by Crippen LogP contribution is 2.20. The monoisotopic (exact) mass is 404 g/mol. The molecule has 0 radical (unpaired) electrons. The van der Waals surface area contributed by atoms with Gasteiger partial charge in [-0.25, -0.2) is 4.79 Å². The molecule has 0 fully saturated rings. The van der Waals surface area contributed by atoms with Crippen molar-refractivity contribution in [2.24, 2.45) is 5.41 Å². The van der Waals surface area contributed by atoms with Crippen LogP contribution in [-0.2, 0) is 16.1 Å². The van der Waals surface area contributed by atoms with Gasteiger partial charge in [-0.15, -0.1) is 11.3 Å². The van der Waals surface area contributed by atoms with Gasteiger partial charge in [-0.1, -0.05) is 32.9 Å². The first kappa shape index (κ1) is 21.2. The van der Waals surface area contributed by atoms with Gasteiger partial charge >= 0.3 is 5.97 Å². The fourth-order valence-electron chi connectivity index (χ4n) is 2.14. The number of ether oxygens (including phenoxy) is 1. The molecule has 0 aliphatic rings. The summed E-state index contributed by atoms with van der Waals surface area (Å²) in [7, 11) is 0. The van der Waals surface area contributed by atoms with Crippen LogP contribution in [0.2, 0.25) is 0 Å². The van der Waals surface area contributed by atoms with Gasteiger partial charge in [-0.2, -0.15) is 0 Å². The van der Waals surface area contributed by atoms with E-state index in [-0.39, 0.29) is 17.2 Å². The van der Waals surface area contributed by atoms with E-state index < -0.39 is 28.7 Å². The van der Waals surface area contributed by atoms with E-state index in [1.54, 1.807) is 32.9 Å². The van der Waals surface area contributed by atoms with E-state index in [1.165, 1.54) is 35.6 Å². The summed E-state index contributed by atoms with van der Waals surface area (Å²) in [5, 5.41) is 13.8. The number of amides is 1. The molecule has 9 heteroatoms. The third kappa shape index (κ3) is 5.46. The zero-order chi connectivity index (χ0) is 20.9. The first-order valence-electron chi connectivity index (χ1n) is 8.40. The summed E-state index contributed by atoms with van der Waals surface area (Å²) in [5.74, 6) is -1.47. The van der Waals surface area contributed by atoms with E-state index in [9.17, 15) is 24.5 Å². The van der Waals surface area contributed by atoms with Crippen LogP contribution < -0.4 is 5.32 Å². The lowest BCUT2D eigenvalue weighted by Crippen LogP contribution is -2.34. The lowest BCUT2D eigenvalue weighted by Gasteiger charge is -2.17. The van der Waals surface area contributed by atoms with Gasteiger partial charge in [0.25, 0.3) is 5.69 Å². The molecule has 148 valence electrons. The molecular formula is C19H20N2O6S. The normalized spacial score (nSPS) is 11.0. The number of benzene rings is 1. The van der Waals surface area contributed by atoms with Crippen LogP contribution in [0.25, 0.3) is 0 Å². The van der Waals surface area contributed by atoms with E-state index >= 15 is 0 Å². The second kappa shape index (κ2) is 8.75. The summed E-state index contributed by atoms with van der Waals surface area (Å²) in [4.78, 5) is 47.6. The third-order valence-electron chi connectivity index (χ3n) is 3.70. The minimum Gasteiger partial charge on any atom is -0.453 e. The number of hydrogen-bond acceptors (Lipinski definition) is 7. The Morgan fingerprint density at radius 1 is 1.14 bits per heavy atom. The number of nitro groups is 1. The molecule has 0 atom stereocenters. The molecule has 1 aromatic heterocycles. The van der Waals surface area contributed by atoms with Crippen molar-refractivity contribution in [1.29, 1.82) is 0 Å². The molecule has 28 heavy (non-hydrogen) atoms. The molecule has 1 N–H and O–H groups in total. The van der Waals surface area contributed by atoms with Crippen molar-refractivity contribution < 1.29 is 24.0 Å². The molecule has 0 spiro atoms. The molecule has 2 rings (SSSR count). The number of thiophene rings is 1. The zero-order valence-corrected chi connectivity index (χ0v) is 16.5. The van der Waals surface area contributed by atoms with E-state index in [0.29, 0.717) is 11.4 Å². The highest BCUT2D eigenvalue weighted by Gasteiger charge is 2.23. The van der Waals surface area contributed by atoms with Gasteiger partial charge in [-0.05, 0) is 18.2 Å². The molecule has 0 unspecified atom stereocenters. The standard InChI is InChI=1S/C19H20N2O6S/c1-19(2,3)18(24)20-10-12-8-9-16(28-12)15(22)11-27-17(23)13-6-4-5-7-14(13)21(25)26/h4-9H,10-11H2,1-3H3,(H,20,24). The number of esters is 1. The zero-order valence-electron chi connectivity index (χ0n) is 15.7. The van der Waals surface area contributed by atoms with Gasteiger partial charge in [0.2, 0.25) is 11.7 Å². The quantitative estimate of drug-likeness (QED) is 0.327. The van der Waals surface area contributed by atoms with E-state index in [1.807, 2.05) is 0 Å². The Bertz CT molecular complexity index is 913. The molecule has 0 saturated heterocycles. The number of rotatable bonds is 7. The van der Waals surface area contributed by atoms with Crippen LogP contribution in [0.4, 0.5) is 5.69 Å². The summed E-state index contributed by atoms with van der Waals surface area (Å²) < 4.78 is 4.93. The van der Waals surface area contributed by atoms with E-state index in [0.717, 1.165) is 4.88 Å². The number of carbonyl (C=O) groups excluding carboxylic acids is 3. The summed E-state index contributed by atoms with van der Waals surface area (Å²) >= 11 is 1.19. The van der Waals surface area contributed by atoms with Gasteiger partial charge in [0.1, 0.15) is 5.56 Å². The second-order valence-electron chi connectivity index (χ2n) is 6.97. The largest absolute Gasteiger partial charge is 0.453 e. The Kier molecular flexibility index (Phi) is 6.63. The van der Waals surface area contributed by atoms with Gasteiger partial charge in [0.15, 0.2) is 6.61 Å². The number of nitro benzene ring substituents is 1. The maximum atomic E-state index is 12.2. The number of hydrogen-bond donors (Lipinski definition) is 1. The van der Waals surface area contributed by atoms with Gasteiger partial charge < -0.3 is 10.1 Å². The molecule has 1 aromatic carbocycles. The lowest BCUT2D eigenvalue weighted by molar-refractivity contribution is -0.385. The summed E-state index contributed by atoms with van der Waals surface area (Å²) in [5.41, 5.74) is -1.10. The number of Topliss-reactive ketones (excluding diaryl/α,β-unsaturated/α-hetero) is 1. The minimum atomic E-state index is -0.935. The van der Waals surface area contributed by atoms with Crippen LogP contribution >= 0.6 is 11.3 Å². The summed E-state index contributed by atoms with van der Waals surface area (Å²) in [6, 6.07) is 8.67. The lowest BCUT2D eigenvalue weighted by atomic mass is 9.96. The molecule has 2 aromatic rings. The Labute approximate surface area is 165 Å². The Balaban J connectivity index is 1.94. The van der Waals surface area contributed by atoms with E-state index in [2.05, 4.69) is 5.32 Å². The Hall–Kier alpha value is -3.07. The molecule has 0 saturated carbocycles. The maximum absolute atomic E-state index is 12.2.